The van der Waals surface area contributed by atoms with Crippen LogP contribution in [0.25, 0.3) is 10.4 Å². The van der Waals surface area contributed by atoms with Crippen LogP contribution in [0, 0.1) is 11.8 Å². The maximum atomic E-state index is 14.0. The van der Waals surface area contributed by atoms with Gasteiger partial charge in [-0.15, -0.1) is 11.3 Å². The van der Waals surface area contributed by atoms with Crippen molar-refractivity contribution in [2.24, 2.45) is 11.8 Å². The first kappa shape index (κ1) is 26.0. The zero-order chi connectivity index (χ0) is 27.1. The van der Waals surface area contributed by atoms with Gasteiger partial charge in [-0.2, -0.15) is 0 Å². The predicted molar refractivity (Wildman–Crippen MR) is 157 cm³/mol. The molecule has 1 amide bonds. The van der Waals surface area contributed by atoms with Gasteiger partial charge in [-0.3, -0.25) is 4.79 Å². The lowest BCUT2D eigenvalue weighted by Crippen LogP contribution is -2.41. The molecule has 0 unspecified atom stereocenters. The Morgan fingerprint density at radius 1 is 0.900 bits per heavy atom. The van der Waals surface area contributed by atoms with Crippen molar-refractivity contribution >= 4 is 22.9 Å². The first-order valence-corrected chi connectivity index (χ1v) is 15.9. The summed E-state index contributed by atoms with van der Waals surface area (Å²) < 4.78 is 11.1. The molecule has 3 saturated carbocycles. The summed E-state index contributed by atoms with van der Waals surface area (Å²) in [5.41, 5.74) is 3.47. The van der Waals surface area contributed by atoms with Crippen LogP contribution in [0.5, 0.6) is 11.5 Å². The molecular weight excluding hydrogens is 520 g/mol. The molecule has 0 spiro atoms. The molecule has 7 heteroatoms. The third-order valence-electron chi connectivity index (χ3n) is 9.36. The standard InChI is InChI=1S/C33H38N2O4S/c36-28-13-10-24(11-14-28)33(37)35(27-3-1-2-26(16-27)31-18-34-32(40-31)23-8-9-23)19-21-4-6-22(7-5-21)25-12-15-29-30(17-25)39-20-38-29/h1-3,12,15-18,21-24,28,36H,4-11,13-14,19-20H2. The number of fused-ring (bicyclic) bond motifs is 1. The average molecular weight is 559 g/mol. The van der Waals surface area contributed by atoms with Gasteiger partial charge in [0.05, 0.1) is 16.0 Å². The third-order valence-corrected chi connectivity index (χ3v) is 10.6. The highest BCUT2D eigenvalue weighted by Crippen LogP contribution is 2.44. The molecule has 7 rings (SSSR count). The van der Waals surface area contributed by atoms with Gasteiger partial charge >= 0.3 is 0 Å². The Hall–Kier alpha value is -2.90. The minimum Gasteiger partial charge on any atom is -0.454 e. The largest absolute Gasteiger partial charge is 0.454 e. The summed E-state index contributed by atoms with van der Waals surface area (Å²) in [6, 6.07) is 14.9. The van der Waals surface area contributed by atoms with Gasteiger partial charge in [-0.05, 0) is 111 Å². The van der Waals surface area contributed by atoms with E-state index < -0.39 is 0 Å². The summed E-state index contributed by atoms with van der Waals surface area (Å²) >= 11 is 1.80. The van der Waals surface area contributed by atoms with Crippen LogP contribution >= 0.6 is 11.3 Å². The molecule has 1 aromatic heterocycles. The number of thiazole rings is 1. The molecule has 0 atom stereocenters. The summed E-state index contributed by atoms with van der Waals surface area (Å²) in [5.74, 6) is 3.55. The van der Waals surface area contributed by atoms with Crippen LogP contribution in [0.2, 0.25) is 0 Å². The maximum absolute atomic E-state index is 14.0. The molecule has 4 aliphatic rings. The molecule has 0 bridgehead atoms. The summed E-state index contributed by atoms with van der Waals surface area (Å²) in [6.07, 6.45) is 11.7. The Kier molecular flexibility index (Phi) is 7.27. The van der Waals surface area contributed by atoms with E-state index in [1.54, 1.807) is 11.3 Å². The van der Waals surface area contributed by atoms with Gasteiger partial charge in [0, 0.05) is 30.3 Å². The summed E-state index contributed by atoms with van der Waals surface area (Å²) in [5, 5.41) is 11.3. The minimum absolute atomic E-state index is 0.0121. The van der Waals surface area contributed by atoms with Crippen molar-refractivity contribution in [1.82, 2.24) is 4.98 Å². The number of carbonyl (C=O) groups excluding carboxylic acids is 1. The molecule has 0 radical (unpaired) electrons. The molecule has 40 heavy (non-hydrogen) atoms. The van der Waals surface area contributed by atoms with Gasteiger partial charge in [-0.25, -0.2) is 4.98 Å². The summed E-state index contributed by atoms with van der Waals surface area (Å²) in [7, 11) is 0. The van der Waals surface area contributed by atoms with E-state index in [4.69, 9.17) is 9.47 Å². The smallest absolute Gasteiger partial charge is 0.231 e. The van der Waals surface area contributed by atoms with Crippen molar-refractivity contribution in [3.05, 3.63) is 59.2 Å². The van der Waals surface area contributed by atoms with Crippen LogP contribution in [0.3, 0.4) is 0 Å². The fourth-order valence-electron chi connectivity index (χ4n) is 6.74. The number of amides is 1. The van der Waals surface area contributed by atoms with Crippen molar-refractivity contribution in [2.45, 2.75) is 82.1 Å². The van der Waals surface area contributed by atoms with Crippen molar-refractivity contribution < 1.29 is 19.4 Å². The molecule has 2 aromatic carbocycles. The number of ether oxygens (including phenoxy) is 2. The highest BCUT2D eigenvalue weighted by atomic mass is 32.1. The molecular formula is C33H38N2O4S. The molecule has 6 nitrogen and oxygen atoms in total. The SMILES string of the molecule is O=C(C1CCC(O)CC1)N(CC1CCC(c2ccc3c(c2)OCO3)CC1)c1cccc(-c2cnc(C3CC3)s2)c1. The second kappa shape index (κ2) is 11.2. The molecule has 1 aliphatic heterocycles. The number of carbonyl (C=O) groups is 1. The van der Waals surface area contributed by atoms with Gasteiger partial charge in [-0.1, -0.05) is 18.2 Å². The molecule has 2 heterocycles. The van der Waals surface area contributed by atoms with Crippen LogP contribution in [-0.2, 0) is 4.79 Å². The van der Waals surface area contributed by atoms with E-state index in [-0.39, 0.29) is 17.9 Å². The number of hydrogen-bond donors (Lipinski definition) is 1. The van der Waals surface area contributed by atoms with Crippen LogP contribution < -0.4 is 14.4 Å². The molecule has 210 valence electrons. The average Bonchev–Trinajstić information content (AvgIpc) is 3.52. The van der Waals surface area contributed by atoms with Crippen molar-refractivity contribution in [3.63, 3.8) is 0 Å². The number of anilines is 1. The summed E-state index contributed by atoms with van der Waals surface area (Å²) in [4.78, 5) is 22.0. The number of aliphatic hydroxyl groups is 1. The topological polar surface area (TPSA) is 71.9 Å². The van der Waals surface area contributed by atoms with E-state index in [0.717, 1.165) is 80.7 Å². The molecule has 1 N–H and O–H groups in total. The Labute approximate surface area is 240 Å². The Morgan fingerprint density at radius 3 is 2.48 bits per heavy atom. The van der Waals surface area contributed by atoms with Gasteiger partial charge in [0.25, 0.3) is 0 Å². The zero-order valence-electron chi connectivity index (χ0n) is 23.0. The van der Waals surface area contributed by atoms with Crippen molar-refractivity contribution in [3.8, 4) is 21.9 Å². The Balaban J connectivity index is 1.08. The summed E-state index contributed by atoms with van der Waals surface area (Å²) in [6.45, 7) is 1.06. The minimum atomic E-state index is -0.265. The third kappa shape index (κ3) is 5.51. The number of aromatic nitrogens is 1. The second-order valence-electron chi connectivity index (χ2n) is 12.2. The zero-order valence-corrected chi connectivity index (χ0v) is 23.8. The fourth-order valence-corrected chi connectivity index (χ4v) is 7.82. The lowest BCUT2D eigenvalue weighted by Gasteiger charge is -2.36. The quantitative estimate of drug-likeness (QED) is 0.330. The lowest BCUT2D eigenvalue weighted by molar-refractivity contribution is -0.124. The highest BCUT2D eigenvalue weighted by Gasteiger charge is 2.33. The molecule has 3 aliphatic carbocycles. The van der Waals surface area contributed by atoms with Crippen LogP contribution in [-0.4, -0.2) is 35.4 Å². The van der Waals surface area contributed by atoms with E-state index in [1.807, 2.05) is 12.3 Å². The Morgan fingerprint density at radius 2 is 1.68 bits per heavy atom. The van der Waals surface area contributed by atoms with E-state index in [2.05, 4.69) is 46.3 Å². The maximum Gasteiger partial charge on any atom is 0.231 e. The van der Waals surface area contributed by atoms with Gasteiger partial charge < -0.3 is 19.5 Å². The fraction of sp³-hybridized carbons (Fsp3) is 0.515. The van der Waals surface area contributed by atoms with Crippen molar-refractivity contribution in [2.75, 3.05) is 18.2 Å². The Bertz CT molecular complexity index is 1350. The molecule has 3 fully saturated rings. The van der Waals surface area contributed by atoms with Crippen LogP contribution in [0.1, 0.15) is 86.6 Å². The molecule has 3 aromatic rings. The van der Waals surface area contributed by atoms with E-state index >= 15 is 0 Å². The van der Waals surface area contributed by atoms with E-state index in [1.165, 1.54) is 28.3 Å². The number of benzene rings is 2. The van der Waals surface area contributed by atoms with Gasteiger partial charge in [0.15, 0.2) is 11.5 Å². The molecule has 0 saturated heterocycles. The normalized spacial score (nSPS) is 26.0. The van der Waals surface area contributed by atoms with E-state index in [9.17, 15) is 9.90 Å². The number of rotatable bonds is 7. The van der Waals surface area contributed by atoms with Gasteiger partial charge in [0.1, 0.15) is 0 Å². The first-order chi connectivity index (χ1) is 19.6. The van der Waals surface area contributed by atoms with Crippen LogP contribution in [0.15, 0.2) is 48.7 Å². The number of nitrogens with zero attached hydrogens (tertiary/aromatic N) is 2. The number of aliphatic hydroxyl groups excluding tert-OH is 1. The lowest BCUT2D eigenvalue weighted by atomic mass is 9.78. The van der Waals surface area contributed by atoms with Crippen molar-refractivity contribution in [1.29, 1.82) is 0 Å². The highest BCUT2D eigenvalue weighted by molar-refractivity contribution is 7.15. The second-order valence-corrected chi connectivity index (χ2v) is 13.2. The number of hydrogen-bond acceptors (Lipinski definition) is 6. The van der Waals surface area contributed by atoms with Gasteiger partial charge in [0.2, 0.25) is 12.7 Å². The van der Waals surface area contributed by atoms with Crippen LogP contribution in [0.4, 0.5) is 5.69 Å². The first-order valence-electron chi connectivity index (χ1n) is 15.1. The monoisotopic (exact) mass is 558 g/mol. The van der Waals surface area contributed by atoms with E-state index in [0.29, 0.717) is 24.5 Å². The predicted octanol–water partition coefficient (Wildman–Crippen LogP) is 7.27.